The Balaban J connectivity index is 2.02. The zero-order chi connectivity index (χ0) is 15.6. The van der Waals surface area contributed by atoms with Gasteiger partial charge in [-0.25, -0.2) is 0 Å². The maximum Gasteiger partial charge on any atom is 0.416 e. The molecule has 0 unspecified atom stereocenters. The molecule has 4 nitrogen and oxygen atoms in total. The second-order valence-corrected chi connectivity index (χ2v) is 5.10. The van der Waals surface area contributed by atoms with E-state index in [9.17, 15) is 22.8 Å². The molecule has 1 aliphatic rings. The van der Waals surface area contributed by atoms with Crippen molar-refractivity contribution in [3.63, 3.8) is 0 Å². The van der Waals surface area contributed by atoms with Crippen LogP contribution < -0.4 is 5.73 Å². The highest BCUT2D eigenvalue weighted by Crippen LogP contribution is 2.29. The Labute approximate surface area is 119 Å². The number of hydrogen-bond donors (Lipinski definition) is 1. The zero-order valence-corrected chi connectivity index (χ0v) is 11.2. The highest BCUT2D eigenvalue weighted by molar-refractivity contribution is 5.82. The molecular formula is C14H15F3N2O2. The first-order chi connectivity index (χ1) is 9.77. The molecule has 21 heavy (non-hydrogen) atoms. The number of halogens is 3. The third-order valence-electron chi connectivity index (χ3n) is 3.55. The molecule has 1 aromatic rings. The number of rotatable bonds is 3. The Morgan fingerprint density at radius 1 is 1.33 bits per heavy atom. The van der Waals surface area contributed by atoms with Gasteiger partial charge in [-0.2, -0.15) is 13.2 Å². The average Bonchev–Trinajstić information content (AvgIpc) is 2.88. The van der Waals surface area contributed by atoms with Gasteiger partial charge >= 0.3 is 6.18 Å². The Kier molecular flexibility index (Phi) is 4.20. The van der Waals surface area contributed by atoms with Crippen molar-refractivity contribution in [1.29, 1.82) is 0 Å². The summed E-state index contributed by atoms with van der Waals surface area (Å²) < 4.78 is 37.8. The summed E-state index contributed by atoms with van der Waals surface area (Å²) in [5.74, 6) is -1.11. The number of carbonyl (C=O) groups is 2. The van der Waals surface area contributed by atoms with Gasteiger partial charge in [0.1, 0.15) is 0 Å². The molecule has 2 N–H and O–H groups in total. The Morgan fingerprint density at radius 3 is 2.62 bits per heavy atom. The summed E-state index contributed by atoms with van der Waals surface area (Å²) in [4.78, 5) is 24.5. The summed E-state index contributed by atoms with van der Waals surface area (Å²) in [7, 11) is 0. The predicted octanol–water partition coefficient (Wildman–Crippen LogP) is 1.58. The van der Waals surface area contributed by atoms with Gasteiger partial charge < -0.3 is 10.6 Å². The number of benzene rings is 1. The number of primary amides is 1. The van der Waals surface area contributed by atoms with Gasteiger partial charge in [-0.1, -0.05) is 18.2 Å². The van der Waals surface area contributed by atoms with Crippen molar-refractivity contribution in [1.82, 2.24) is 4.90 Å². The number of nitrogens with zero attached hydrogens (tertiary/aromatic N) is 1. The molecular weight excluding hydrogens is 285 g/mol. The SMILES string of the molecule is NC(=O)[C@@H]1CCN(C(=O)Cc2cccc(C(F)(F)F)c2)C1. The minimum atomic E-state index is -4.43. The van der Waals surface area contributed by atoms with Gasteiger partial charge in [-0.3, -0.25) is 9.59 Å². The zero-order valence-electron chi connectivity index (χ0n) is 11.2. The molecule has 1 aromatic carbocycles. The summed E-state index contributed by atoms with van der Waals surface area (Å²) in [6.07, 6.45) is -4.04. The number of alkyl halides is 3. The lowest BCUT2D eigenvalue weighted by Crippen LogP contribution is -2.32. The second kappa shape index (κ2) is 5.75. The Hall–Kier alpha value is -2.05. The molecule has 1 aliphatic heterocycles. The Bertz CT molecular complexity index is 557. The first-order valence-electron chi connectivity index (χ1n) is 6.50. The van der Waals surface area contributed by atoms with Crippen molar-refractivity contribution in [3.05, 3.63) is 35.4 Å². The number of carbonyl (C=O) groups excluding carboxylic acids is 2. The van der Waals surface area contributed by atoms with Crippen molar-refractivity contribution in [2.24, 2.45) is 11.7 Å². The monoisotopic (exact) mass is 300 g/mol. The van der Waals surface area contributed by atoms with Crippen LogP contribution in [-0.2, 0) is 22.2 Å². The number of likely N-dealkylation sites (tertiary alicyclic amines) is 1. The predicted molar refractivity (Wildman–Crippen MR) is 69.0 cm³/mol. The smallest absolute Gasteiger partial charge is 0.369 e. The van der Waals surface area contributed by atoms with Crippen LogP contribution in [0, 0.1) is 5.92 Å². The van der Waals surface area contributed by atoms with Gasteiger partial charge in [-0.15, -0.1) is 0 Å². The van der Waals surface area contributed by atoms with E-state index in [1.54, 1.807) is 0 Å². The lowest BCUT2D eigenvalue weighted by molar-refractivity contribution is -0.138. The maximum absolute atomic E-state index is 12.6. The molecule has 0 spiro atoms. The van der Waals surface area contributed by atoms with Crippen LogP contribution >= 0.6 is 0 Å². The highest BCUT2D eigenvalue weighted by atomic mass is 19.4. The van der Waals surface area contributed by atoms with E-state index in [1.165, 1.54) is 17.0 Å². The van der Waals surface area contributed by atoms with Crippen molar-refractivity contribution in [3.8, 4) is 0 Å². The molecule has 2 rings (SSSR count). The molecule has 0 aromatic heterocycles. The molecule has 1 atom stereocenters. The summed E-state index contributed by atoms with van der Waals surface area (Å²) in [6, 6.07) is 4.70. The third kappa shape index (κ3) is 3.74. The van der Waals surface area contributed by atoms with Crippen LogP contribution in [0.25, 0.3) is 0 Å². The van der Waals surface area contributed by atoms with Crippen molar-refractivity contribution in [2.45, 2.75) is 19.0 Å². The molecule has 0 aliphatic carbocycles. The fourth-order valence-corrected chi connectivity index (χ4v) is 2.36. The van der Waals surface area contributed by atoms with Crippen molar-refractivity contribution in [2.75, 3.05) is 13.1 Å². The van der Waals surface area contributed by atoms with E-state index in [-0.39, 0.29) is 24.8 Å². The number of amides is 2. The van der Waals surface area contributed by atoms with Gasteiger partial charge in [-0.05, 0) is 18.1 Å². The molecule has 1 fully saturated rings. The molecule has 7 heteroatoms. The quantitative estimate of drug-likeness (QED) is 0.921. The molecule has 0 radical (unpaired) electrons. The van der Waals surface area contributed by atoms with Crippen LogP contribution in [0.4, 0.5) is 13.2 Å². The van der Waals surface area contributed by atoms with Crippen molar-refractivity contribution >= 4 is 11.8 Å². The van der Waals surface area contributed by atoms with Crippen LogP contribution in [0.3, 0.4) is 0 Å². The van der Waals surface area contributed by atoms with Crippen LogP contribution in [-0.4, -0.2) is 29.8 Å². The Morgan fingerprint density at radius 2 is 2.05 bits per heavy atom. The maximum atomic E-state index is 12.6. The van der Waals surface area contributed by atoms with E-state index in [1.807, 2.05) is 0 Å². The molecule has 114 valence electrons. The lowest BCUT2D eigenvalue weighted by Gasteiger charge is -2.16. The normalized spacial score (nSPS) is 18.8. The van der Waals surface area contributed by atoms with E-state index in [0.717, 1.165) is 12.1 Å². The number of nitrogens with two attached hydrogens (primary N) is 1. The van der Waals surface area contributed by atoms with Gasteiger partial charge in [0.15, 0.2) is 0 Å². The first kappa shape index (κ1) is 15.3. The summed E-state index contributed by atoms with van der Waals surface area (Å²) in [5.41, 5.74) is 4.71. The van der Waals surface area contributed by atoms with E-state index in [4.69, 9.17) is 5.73 Å². The first-order valence-corrected chi connectivity index (χ1v) is 6.50. The van der Waals surface area contributed by atoms with E-state index < -0.39 is 17.6 Å². The second-order valence-electron chi connectivity index (χ2n) is 5.10. The minimum absolute atomic E-state index is 0.116. The fraction of sp³-hybridized carbons (Fsp3) is 0.429. The van der Waals surface area contributed by atoms with E-state index in [0.29, 0.717) is 18.5 Å². The van der Waals surface area contributed by atoms with Crippen LogP contribution in [0.1, 0.15) is 17.5 Å². The largest absolute Gasteiger partial charge is 0.416 e. The summed E-state index contributed by atoms with van der Waals surface area (Å²) >= 11 is 0. The average molecular weight is 300 g/mol. The van der Waals surface area contributed by atoms with Gasteiger partial charge in [0, 0.05) is 13.1 Å². The van der Waals surface area contributed by atoms with Gasteiger partial charge in [0.2, 0.25) is 11.8 Å². The molecule has 0 saturated carbocycles. The van der Waals surface area contributed by atoms with Gasteiger partial charge in [0.05, 0.1) is 17.9 Å². The van der Waals surface area contributed by atoms with Crippen LogP contribution in [0.15, 0.2) is 24.3 Å². The van der Waals surface area contributed by atoms with E-state index in [2.05, 4.69) is 0 Å². The van der Waals surface area contributed by atoms with Gasteiger partial charge in [0.25, 0.3) is 0 Å². The van der Waals surface area contributed by atoms with Crippen LogP contribution in [0.2, 0.25) is 0 Å². The molecule has 2 amide bonds. The standard InChI is InChI=1S/C14H15F3N2O2/c15-14(16,17)11-3-1-2-9(6-11)7-12(20)19-5-4-10(8-19)13(18)21/h1-3,6,10H,4-5,7-8H2,(H2,18,21)/t10-/m1/s1. The topological polar surface area (TPSA) is 63.4 Å². The lowest BCUT2D eigenvalue weighted by atomic mass is 10.1. The summed E-state index contributed by atoms with van der Waals surface area (Å²) in [6.45, 7) is 0.651. The fourth-order valence-electron chi connectivity index (χ4n) is 2.36. The third-order valence-corrected chi connectivity index (χ3v) is 3.55. The van der Waals surface area contributed by atoms with Crippen LogP contribution in [0.5, 0.6) is 0 Å². The summed E-state index contributed by atoms with van der Waals surface area (Å²) in [5, 5.41) is 0. The molecule has 0 bridgehead atoms. The molecule has 1 saturated heterocycles. The minimum Gasteiger partial charge on any atom is -0.369 e. The van der Waals surface area contributed by atoms with E-state index >= 15 is 0 Å². The highest BCUT2D eigenvalue weighted by Gasteiger charge is 2.32. The molecule has 1 heterocycles. The number of hydrogen-bond acceptors (Lipinski definition) is 2. The van der Waals surface area contributed by atoms with Crippen molar-refractivity contribution < 1.29 is 22.8 Å².